The monoisotopic (exact) mass is 387 g/mol. The van der Waals surface area contributed by atoms with E-state index >= 15 is 0 Å². The van der Waals surface area contributed by atoms with E-state index in [1.54, 1.807) is 0 Å². The minimum Gasteiger partial charge on any atom is -0.494 e. The van der Waals surface area contributed by atoms with Crippen LogP contribution in [0.15, 0.2) is 28.7 Å². The predicted molar refractivity (Wildman–Crippen MR) is 86.7 cm³/mol. The van der Waals surface area contributed by atoms with E-state index in [0.717, 1.165) is 17.7 Å². The number of carbonyl (C=O) groups excluding carboxylic acids is 1. The highest BCUT2D eigenvalue weighted by Crippen LogP contribution is 2.26. The summed E-state index contributed by atoms with van der Waals surface area (Å²) in [6, 6.07) is 7.28. The molecule has 22 heavy (non-hydrogen) atoms. The van der Waals surface area contributed by atoms with Gasteiger partial charge in [0.15, 0.2) is 0 Å². The lowest BCUT2D eigenvalue weighted by atomic mass is 10.2. The molecule has 1 heterocycles. The molecule has 0 aliphatic rings. The van der Waals surface area contributed by atoms with E-state index in [9.17, 15) is 4.79 Å². The van der Waals surface area contributed by atoms with Gasteiger partial charge >= 0.3 is 5.97 Å². The number of esters is 1. The molecule has 2 aromatic rings. The SMILES string of the molecule is COC(=O)c1oc(-c2ccc(OCCCCl)cc2)nc1CBr. The number of ether oxygens (including phenoxy) is 2. The Labute approximate surface area is 141 Å². The number of aromatic nitrogens is 1. The Morgan fingerprint density at radius 2 is 2.09 bits per heavy atom. The Bertz CT molecular complexity index is 627. The van der Waals surface area contributed by atoms with Crippen LogP contribution in [0.1, 0.15) is 22.7 Å². The van der Waals surface area contributed by atoms with Crippen molar-refractivity contribution in [2.24, 2.45) is 0 Å². The lowest BCUT2D eigenvalue weighted by molar-refractivity contribution is 0.0565. The van der Waals surface area contributed by atoms with E-state index in [4.69, 9.17) is 20.8 Å². The molecule has 0 atom stereocenters. The first-order chi connectivity index (χ1) is 10.7. The highest BCUT2D eigenvalue weighted by molar-refractivity contribution is 9.08. The average Bonchev–Trinajstić information content (AvgIpc) is 2.99. The molecule has 0 fully saturated rings. The van der Waals surface area contributed by atoms with Crippen molar-refractivity contribution >= 4 is 33.5 Å². The first-order valence-corrected chi connectivity index (χ1v) is 8.28. The zero-order chi connectivity index (χ0) is 15.9. The largest absolute Gasteiger partial charge is 0.494 e. The van der Waals surface area contributed by atoms with Crippen molar-refractivity contribution in [2.75, 3.05) is 19.6 Å². The summed E-state index contributed by atoms with van der Waals surface area (Å²) in [7, 11) is 1.30. The molecule has 0 amide bonds. The van der Waals surface area contributed by atoms with Crippen molar-refractivity contribution in [1.82, 2.24) is 4.98 Å². The summed E-state index contributed by atoms with van der Waals surface area (Å²) >= 11 is 8.88. The van der Waals surface area contributed by atoms with Crippen molar-refractivity contribution in [1.29, 1.82) is 0 Å². The van der Waals surface area contributed by atoms with E-state index in [2.05, 4.69) is 25.7 Å². The number of hydrogen-bond acceptors (Lipinski definition) is 5. The number of halogens is 2. The van der Waals surface area contributed by atoms with Crippen LogP contribution in [0, 0.1) is 0 Å². The lowest BCUT2D eigenvalue weighted by Crippen LogP contribution is -2.02. The van der Waals surface area contributed by atoms with E-state index < -0.39 is 5.97 Å². The second kappa shape index (κ2) is 8.19. The van der Waals surface area contributed by atoms with Gasteiger partial charge in [-0.3, -0.25) is 0 Å². The van der Waals surface area contributed by atoms with Crippen LogP contribution in [0.25, 0.3) is 11.5 Å². The van der Waals surface area contributed by atoms with Gasteiger partial charge in [0, 0.05) is 16.8 Å². The number of oxazole rings is 1. The van der Waals surface area contributed by atoms with Gasteiger partial charge in [-0.05, 0) is 30.7 Å². The minimum absolute atomic E-state index is 0.108. The molecule has 0 aliphatic carbocycles. The molecular weight excluding hydrogens is 374 g/mol. The van der Waals surface area contributed by atoms with E-state index in [-0.39, 0.29) is 5.76 Å². The maximum Gasteiger partial charge on any atom is 0.376 e. The molecule has 0 saturated carbocycles. The Hall–Kier alpha value is -1.53. The first kappa shape index (κ1) is 16.8. The summed E-state index contributed by atoms with van der Waals surface area (Å²) in [5.41, 5.74) is 1.26. The molecule has 2 rings (SSSR count). The van der Waals surface area contributed by atoms with Crippen molar-refractivity contribution in [2.45, 2.75) is 11.8 Å². The van der Waals surface area contributed by atoms with Crippen LogP contribution in [0.4, 0.5) is 0 Å². The second-order valence-electron chi connectivity index (χ2n) is 4.34. The lowest BCUT2D eigenvalue weighted by Gasteiger charge is -2.04. The van der Waals surface area contributed by atoms with Crippen LogP contribution in [0.3, 0.4) is 0 Å². The molecule has 0 saturated heterocycles. The molecule has 118 valence electrons. The standard InChI is InChI=1S/C15H15BrClNO4/c1-20-15(19)13-12(9-16)18-14(22-13)10-3-5-11(6-4-10)21-8-2-7-17/h3-6H,2,7-9H2,1H3. The van der Waals surface area contributed by atoms with Gasteiger partial charge in [-0.1, -0.05) is 15.9 Å². The normalized spacial score (nSPS) is 10.5. The van der Waals surface area contributed by atoms with Crippen molar-refractivity contribution in [3.63, 3.8) is 0 Å². The van der Waals surface area contributed by atoms with Gasteiger partial charge in [0.1, 0.15) is 11.4 Å². The van der Waals surface area contributed by atoms with E-state index in [0.29, 0.717) is 29.4 Å². The Balaban J connectivity index is 2.17. The number of alkyl halides is 2. The number of rotatable bonds is 7. The van der Waals surface area contributed by atoms with Crippen molar-refractivity contribution in [3.8, 4) is 17.2 Å². The summed E-state index contributed by atoms with van der Waals surface area (Å²) in [4.78, 5) is 15.9. The quantitative estimate of drug-likeness (QED) is 0.407. The molecule has 0 unspecified atom stereocenters. The highest BCUT2D eigenvalue weighted by atomic mass is 79.9. The molecule has 5 nitrogen and oxygen atoms in total. The van der Waals surface area contributed by atoms with Crippen molar-refractivity contribution in [3.05, 3.63) is 35.7 Å². The number of nitrogens with zero attached hydrogens (tertiary/aromatic N) is 1. The highest BCUT2D eigenvalue weighted by Gasteiger charge is 2.20. The van der Waals surface area contributed by atoms with Crippen LogP contribution in [-0.2, 0) is 10.1 Å². The van der Waals surface area contributed by atoms with Crippen LogP contribution in [0.2, 0.25) is 0 Å². The number of carbonyl (C=O) groups is 1. The van der Waals surface area contributed by atoms with Gasteiger partial charge in [-0.25, -0.2) is 9.78 Å². The minimum atomic E-state index is -0.547. The Kier molecular flexibility index (Phi) is 6.27. The summed E-state index contributed by atoms with van der Waals surface area (Å²) in [6.45, 7) is 0.572. The molecule has 0 aliphatic heterocycles. The van der Waals surface area contributed by atoms with E-state index in [1.807, 2.05) is 24.3 Å². The fourth-order valence-electron chi connectivity index (χ4n) is 1.76. The molecule has 0 bridgehead atoms. The summed E-state index contributed by atoms with van der Waals surface area (Å²) in [6.07, 6.45) is 0.792. The topological polar surface area (TPSA) is 61.6 Å². The summed E-state index contributed by atoms with van der Waals surface area (Å²) in [5.74, 6) is 1.24. The van der Waals surface area contributed by atoms with Gasteiger partial charge in [-0.15, -0.1) is 11.6 Å². The van der Waals surface area contributed by atoms with Gasteiger partial charge in [-0.2, -0.15) is 0 Å². The van der Waals surface area contributed by atoms with Gasteiger partial charge < -0.3 is 13.9 Å². The predicted octanol–water partition coefficient (Wildman–Crippen LogP) is 4.03. The van der Waals surface area contributed by atoms with E-state index in [1.165, 1.54) is 7.11 Å². The third kappa shape index (κ3) is 4.01. The van der Waals surface area contributed by atoms with Crippen LogP contribution < -0.4 is 4.74 Å². The van der Waals surface area contributed by atoms with Crippen LogP contribution in [0.5, 0.6) is 5.75 Å². The third-order valence-corrected chi connectivity index (χ3v) is 3.64. The van der Waals surface area contributed by atoms with Gasteiger partial charge in [0.05, 0.1) is 13.7 Å². The first-order valence-electron chi connectivity index (χ1n) is 6.62. The molecule has 7 heteroatoms. The molecule has 0 N–H and O–H groups in total. The Morgan fingerprint density at radius 3 is 2.68 bits per heavy atom. The molecule has 1 aromatic carbocycles. The van der Waals surface area contributed by atoms with Gasteiger partial charge in [0.2, 0.25) is 11.7 Å². The molecular formula is C15H15BrClNO4. The summed E-state index contributed by atoms with van der Waals surface area (Å²) in [5, 5.41) is 0.403. The third-order valence-electron chi connectivity index (χ3n) is 2.84. The zero-order valence-electron chi connectivity index (χ0n) is 12.0. The fraction of sp³-hybridized carbons (Fsp3) is 0.333. The smallest absolute Gasteiger partial charge is 0.376 e. The fourth-order valence-corrected chi connectivity index (χ4v) is 2.25. The Morgan fingerprint density at radius 1 is 1.36 bits per heavy atom. The van der Waals surface area contributed by atoms with Crippen molar-refractivity contribution < 1.29 is 18.7 Å². The zero-order valence-corrected chi connectivity index (χ0v) is 14.3. The van der Waals surface area contributed by atoms with Crippen LogP contribution >= 0.6 is 27.5 Å². The second-order valence-corrected chi connectivity index (χ2v) is 5.27. The number of hydrogen-bond donors (Lipinski definition) is 0. The van der Waals surface area contributed by atoms with Crippen LogP contribution in [-0.4, -0.2) is 30.5 Å². The van der Waals surface area contributed by atoms with Gasteiger partial charge in [0.25, 0.3) is 0 Å². The maximum absolute atomic E-state index is 11.6. The molecule has 1 aromatic heterocycles. The summed E-state index contributed by atoms with van der Waals surface area (Å²) < 4.78 is 15.7. The molecule has 0 spiro atoms. The number of benzene rings is 1. The molecule has 0 radical (unpaired) electrons. The average molecular weight is 389 g/mol. The maximum atomic E-state index is 11.6. The number of methoxy groups -OCH3 is 1.